The van der Waals surface area contributed by atoms with Crippen LogP contribution in [-0.4, -0.2) is 11.2 Å². The van der Waals surface area contributed by atoms with Crippen molar-refractivity contribution in [2.45, 2.75) is 20.4 Å². The van der Waals surface area contributed by atoms with E-state index in [0.717, 1.165) is 17.0 Å². The van der Waals surface area contributed by atoms with Gasteiger partial charge in [-0.15, -0.1) is 0 Å². The summed E-state index contributed by atoms with van der Waals surface area (Å²) in [5.74, 6) is 1.35. The van der Waals surface area contributed by atoms with E-state index in [4.69, 9.17) is 10.00 Å². The summed E-state index contributed by atoms with van der Waals surface area (Å²) in [6, 6.07) is 12.0. The fraction of sp³-hybridized carbons (Fsp3) is 0.353. The van der Waals surface area contributed by atoms with Crippen molar-refractivity contribution in [1.82, 2.24) is 4.57 Å². The number of nitriles is 1. The fourth-order valence-corrected chi connectivity index (χ4v) is 2.03. The van der Waals surface area contributed by atoms with Gasteiger partial charge in [-0.25, -0.2) is 0 Å². The molecule has 0 aliphatic heterocycles. The molecule has 0 bridgehead atoms. The molecule has 0 fully saturated rings. The zero-order valence-electron chi connectivity index (χ0n) is 12.8. The van der Waals surface area contributed by atoms with Crippen LogP contribution < -0.4 is 10.1 Å². The molecule has 2 aromatic rings. The predicted octanol–water partition coefficient (Wildman–Crippen LogP) is 3.54. The molecular weight excluding hydrogens is 262 g/mol. The lowest BCUT2D eigenvalue weighted by Gasteiger charge is -2.14. The highest BCUT2D eigenvalue weighted by atomic mass is 16.5. The van der Waals surface area contributed by atoms with Crippen molar-refractivity contribution in [3.05, 3.63) is 47.8 Å². The maximum Gasteiger partial charge on any atom is 0.142 e. The first-order valence-corrected chi connectivity index (χ1v) is 7.11. The van der Waals surface area contributed by atoms with E-state index in [-0.39, 0.29) is 0 Å². The van der Waals surface area contributed by atoms with Crippen LogP contribution in [0.2, 0.25) is 0 Å². The summed E-state index contributed by atoms with van der Waals surface area (Å²) in [4.78, 5) is 0. The number of aryl methyl sites for hydroxylation is 1. The molecule has 1 aromatic carbocycles. The average Bonchev–Trinajstić information content (AvgIpc) is 2.84. The molecule has 4 heteroatoms. The molecule has 0 aliphatic rings. The van der Waals surface area contributed by atoms with E-state index in [1.54, 1.807) is 0 Å². The lowest BCUT2D eigenvalue weighted by Crippen LogP contribution is -2.07. The van der Waals surface area contributed by atoms with Crippen molar-refractivity contribution in [2.24, 2.45) is 13.0 Å². The topological polar surface area (TPSA) is 50.0 Å². The second kappa shape index (κ2) is 6.85. The van der Waals surface area contributed by atoms with Crippen molar-refractivity contribution in [3.8, 4) is 11.8 Å². The Kier molecular flexibility index (Phi) is 4.89. The highest BCUT2D eigenvalue weighted by molar-refractivity contribution is 5.56. The van der Waals surface area contributed by atoms with Crippen LogP contribution in [0, 0.1) is 17.2 Å². The molecule has 1 heterocycles. The van der Waals surface area contributed by atoms with Crippen LogP contribution in [-0.2, 0) is 13.6 Å². The summed E-state index contributed by atoms with van der Waals surface area (Å²) < 4.78 is 7.65. The summed E-state index contributed by atoms with van der Waals surface area (Å²) in [6.07, 6.45) is 1.96. The third-order valence-corrected chi connectivity index (χ3v) is 3.12. The Morgan fingerprint density at radius 2 is 2.10 bits per heavy atom. The van der Waals surface area contributed by atoms with E-state index < -0.39 is 0 Å². The van der Waals surface area contributed by atoms with E-state index >= 15 is 0 Å². The standard InChI is InChI=1S/C17H21N3O/c1-13(2)12-21-17-7-5-4-6-16(17)19-10-14-8-15(9-18)20(3)11-14/h4-8,11,13,19H,10,12H2,1-3H3. The molecule has 0 radical (unpaired) electrons. The van der Waals surface area contributed by atoms with Gasteiger partial charge >= 0.3 is 0 Å². The molecule has 4 nitrogen and oxygen atoms in total. The second-order valence-electron chi connectivity index (χ2n) is 5.51. The van der Waals surface area contributed by atoms with Crippen LogP contribution in [0.25, 0.3) is 0 Å². The van der Waals surface area contributed by atoms with Gasteiger partial charge in [-0.2, -0.15) is 5.26 Å². The van der Waals surface area contributed by atoms with Gasteiger partial charge in [-0.3, -0.25) is 0 Å². The first kappa shape index (κ1) is 15.0. The Morgan fingerprint density at radius 3 is 2.76 bits per heavy atom. The fourth-order valence-electron chi connectivity index (χ4n) is 2.03. The molecule has 2 rings (SSSR count). The molecular formula is C17H21N3O. The number of aromatic nitrogens is 1. The monoisotopic (exact) mass is 283 g/mol. The Balaban J connectivity index is 2.04. The van der Waals surface area contributed by atoms with Gasteiger partial charge in [0.05, 0.1) is 12.3 Å². The summed E-state index contributed by atoms with van der Waals surface area (Å²) in [6.45, 7) is 5.62. The van der Waals surface area contributed by atoms with E-state index in [1.807, 2.05) is 48.1 Å². The molecule has 0 atom stereocenters. The van der Waals surface area contributed by atoms with Crippen LogP contribution in [0.1, 0.15) is 25.1 Å². The number of nitrogens with zero attached hydrogens (tertiary/aromatic N) is 2. The lowest BCUT2D eigenvalue weighted by molar-refractivity contribution is 0.272. The Hall–Kier alpha value is -2.41. The molecule has 1 aromatic heterocycles. The molecule has 0 saturated carbocycles. The van der Waals surface area contributed by atoms with Gasteiger partial charge in [0.1, 0.15) is 17.5 Å². The van der Waals surface area contributed by atoms with Crippen LogP contribution in [0.15, 0.2) is 36.5 Å². The van der Waals surface area contributed by atoms with Crippen LogP contribution in [0.4, 0.5) is 5.69 Å². The number of hydrogen-bond donors (Lipinski definition) is 1. The van der Waals surface area contributed by atoms with E-state index in [1.165, 1.54) is 0 Å². The van der Waals surface area contributed by atoms with Gasteiger partial charge in [-0.05, 0) is 29.7 Å². The van der Waals surface area contributed by atoms with Crippen molar-refractivity contribution in [1.29, 1.82) is 5.26 Å². The van der Waals surface area contributed by atoms with Gasteiger partial charge in [0.15, 0.2) is 0 Å². The largest absolute Gasteiger partial charge is 0.491 e. The molecule has 1 N–H and O–H groups in total. The number of hydrogen-bond acceptors (Lipinski definition) is 3. The summed E-state index contributed by atoms with van der Waals surface area (Å²) in [7, 11) is 1.88. The van der Waals surface area contributed by atoms with Crippen molar-refractivity contribution in [3.63, 3.8) is 0 Å². The Labute approximate surface area is 126 Å². The third kappa shape index (κ3) is 4.03. The van der Waals surface area contributed by atoms with Crippen LogP contribution >= 0.6 is 0 Å². The average molecular weight is 283 g/mol. The highest BCUT2D eigenvalue weighted by Gasteiger charge is 2.06. The summed E-state index contributed by atoms with van der Waals surface area (Å²) in [5.41, 5.74) is 2.71. The van der Waals surface area contributed by atoms with Gasteiger partial charge < -0.3 is 14.6 Å². The van der Waals surface area contributed by atoms with E-state index in [0.29, 0.717) is 24.8 Å². The number of rotatable bonds is 6. The molecule has 0 unspecified atom stereocenters. The summed E-state index contributed by atoms with van der Waals surface area (Å²) >= 11 is 0. The highest BCUT2D eigenvalue weighted by Crippen LogP contribution is 2.25. The number of benzene rings is 1. The summed E-state index contributed by atoms with van der Waals surface area (Å²) in [5, 5.41) is 12.3. The van der Waals surface area contributed by atoms with Gasteiger partial charge in [0.25, 0.3) is 0 Å². The second-order valence-corrected chi connectivity index (χ2v) is 5.51. The maximum absolute atomic E-state index is 8.97. The smallest absolute Gasteiger partial charge is 0.142 e. The third-order valence-electron chi connectivity index (χ3n) is 3.12. The van der Waals surface area contributed by atoms with Crippen molar-refractivity contribution >= 4 is 5.69 Å². The Bertz CT molecular complexity index is 638. The van der Waals surface area contributed by atoms with Gasteiger partial charge in [0, 0.05) is 19.8 Å². The molecule has 0 saturated heterocycles. The molecule has 21 heavy (non-hydrogen) atoms. The number of nitrogens with one attached hydrogen (secondary N) is 1. The minimum absolute atomic E-state index is 0.491. The predicted molar refractivity (Wildman–Crippen MR) is 84.2 cm³/mol. The zero-order valence-corrected chi connectivity index (χ0v) is 12.8. The maximum atomic E-state index is 8.97. The molecule has 0 amide bonds. The first-order chi connectivity index (χ1) is 10.1. The van der Waals surface area contributed by atoms with Crippen molar-refractivity contribution in [2.75, 3.05) is 11.9 Å². The van der Waals surface area contributed by atoms with Gasteiger partial charge in [-0.1, -0.05) is 26.0 Å². The number of ether oxygens (including phenoxy) is 1. The SMILES string of the molecule is CC(C)COc1ccccc1NCc1cc(C#N)n(C)c1. The minimum Gasteiger partial charge on any atom is -0.491 e. The number of para-hydroxylation sites is 2. The normalized spacial score (nSPS) is 10.4. The molecule has 0 spiro atoms. The van der Waals surface area contributed by atoms with Crippen molar-refractivity contribution < 1.29 is 4.74 Å². The molecule has 0 aliphatic carbocycles. The zero-order chi connectivity index (χ0) is 15.2. The van der Waals surface area contributed by atoms with Crippen LogP contribution in [0.5, 0.6) is 5.75 Å². The quantitative estimate of drug-likeness (QED) is 0.882. The number of anilines is 1. The first-order valence-electron chi connectivity index (χ1n) is 7.11. The lowest BCUT2D eigenvalue weighted by atomic mass is 10.2. The van der Waals surface area contributed by atoms with E-state index in [2.05, 4.69) is 25.2 Å². The van der Waals surface area contributed by atoms with Gasteiger partial charge in [0.2, 0.25) is 0 Å². The molecule has 110 valence electrons. The minimum atomic E-state index is 0.491. The van der Waals surface area contributed by atoms with E-state index in [9.17, 15) is 0 Å². The Morgan fingerprint density at radius 1 is 1.33 bits per heavy atom. The van der Waals surface area contributed by atoms with Crippen LogP contribution in [0.3, 0.4) is 0 Å².